The van der Waals surface area contributed by atoms with Crippen LogP contribution in [0.15, 0.2) is 24.3 Å². The molecular formula is C19H27N5O. The van der Waals surface area contributed by atoms with Gasteiger partial charge in [0.15, 0.2) is 11.6 Å². The van der Waals surface area contributed by atoms with Gasteiger partial charge in [-0.25, -0.2) is 9.97 Å². The molecule has 0 aliphatic carbocycles. The molecule has 1 aromatic heterocycles. The van der Waals surface area contributed by atoms with Crippen LogP contribution >= 0.6 is 0 Å². The van der Waals surface area contributed by atoms with E-state index >= 15 is 0 Å². The predicted molar refractivity (Wildman–Crippen MR) is 101 cm³/mol. The third kappa shape index (κ3) is 3.28. The van der Waals surface area contributed by atoms with Crippen LogP contribution in [-0.4, -0.2) is 71.9 Å². The molecule has 0 amide bonds. The van der Waals surface area contributed by atoms with Crippen LogP contribution in [0.3, 0.4) is 0 Å². The molecule has 0 radical (unpaired) electrons. The Labute approximate surface area is 149 Å². The van der Waals surface area contributed by atoms with Crippen LogP contribution in [-0.2, 0) is 0 Å². The molecule has 0 saturated carbocycles. The van der Waals surface area contributed by atoms with Crippen molar-refractivity contribution in [2.75, 3.05) is 55.7 Å². The second kappa shape index (κ2) is 7.14. The van der Waals surface area contributed by atoms with E-state index in [0.29, 0.717) is 0 Å². The lowest BCUT2D eigenvalue weighted by atomic mass is 10.2. The second-order valence-corrected chi connectivity index (χ2v) is 7.11. The highest BCUT2D eigenvalue weighted by Crippen LogP contribution is 2.31. The smallest absolute Gasteiger partial charge is 0.172 e. The highest BCUT2D eigenvalue weighted by atomic mass is 16.3. The number of aliphatic hydroxyl groups excluding tert-OH is 1. The molecule has 0 bridgehead atoms. The average Bonchev–Trinajstić information content (AvgIpc) is 3.21. The van der Waals surface area contributed by atoms with Crippen molar-refractivity contribution in [1.82, 2.24) is 14.9 Å². The van der Waals surface area contributed by atoms with Crippen LogP contribution in [0, 0.1) is 0 Å². The van der Waals surface area contributed by atoms with Crippen molar-refractivity contribution in [2.24, 2.45) is 0 Å². The van der Waals surface area contributed by atoms with E-state index in [1.807, 2.05) is 24.3 Å². The van der Waals surface area contributed by atoms with Crippen molar-refractivity contribution in [2.45, 2.75) is 25.8 Å². The van der Waals surface area contributed by atoms with E-state index in [1.54, 1.807) is 0 Å². The minimum atomic E-state index is 0.217. The Kier molecular flexibility index (Phi) is 4.72. The van der Waals surface area contributed by atoms with Crippen molar-refractivity contribution < 1.29 is 5.11 Å². The summed E-state index contributed by atoms with van der Waals surface area (Å²) in [6.45, 7) is 8.21. The predicted octanol–water partition coefficient (Wildman–Crippen LogP) is 1.73. The van der Waals surface area contributed by atoms with Crippen LogP contribution < -0.4 is 9.80 Å². The molecule has 134 valence electrons. The molecule has 2 aliphatic heterocycles. The van der Waals surface area contributed by atoms with Crippen LogP contribution in [0.2, 0.25) is 0 Å². The van der Waals surface area contributed by atoms with Crippen LogP contribution in [0.5, 0.6) is 0 Å². The molecule has 0 unspecified atom stereocenters. The zero-order chi connectivity index (χ0) is 17.2. The number of benzene rings is 1. The maximum absolute atomic E-state index is 9.39. The number of hydrogen-bond donors (Lipinski definition) is 1. The minimum absolute atomic E-state index is 0.217. The molecule has 4 rings (SSSR count). The summed E-state index contributed by atoms with van der Waals surface area (Å²) in [7, 11) is 0. The van der Waals surface area contributed by atoms with Gasteiger partial charge in [-0.05, 0) is 31.9 Å². The normalized spacial score (nSPS) is 20.4. The Morgan fingerprint density at radius 3 is 1.92 bits per heavy atom. The minimum Gasteiger partial charge on any atom is -0.395 e. The van der Waals surface area contributed by atoms with Crippen molar-refractivity contribution >= 4 is 22.7 Å². The highest BCUT2D eigenvalue weighted by molar-refractivity contribution is 5.81. The summed E-state index contributed by atoms with van der Waals surface area (Å²) in [6, 6.07) is 8.37. The number of piperazine rings is 1. The summed E-state index contributed by atoms with van der Waals surface area (Å²) in [6.07, 6.45) is 2.46. The highest BCUT2D eigenvalue weighted by Gasteiger charge is 2.27. The number of anilines is 2. The third-order valence-corrected chi connectivity index (χ3v) is 5.44. The fourth-order valence-corrected chi connectivity index (χ4v) is 3.82. The Hall–Kier alpha value is -1.92. The van der Waals surface area contributed by atoms with Crippen molar-refractivity contribution in [3.05, 3.63) is 24.3 Å². The van der Waals surface area contributed by atoms with Gasteiger partial charge >= 0.3 is 0 Å². The Bertz CT molecular complexity index is 723. The maximum Gasteiger partial charge on any atom is 0.172 e. The van der Waals surface area contributed by atoms with Gasteiger partial charge in [-0.15, -0.1) is 0 Å². The zero-order valence-electron chi connectivity index (χ0n) is 14.9. The van der Waals surface area contributed by atoms with Crippen molar-refractivity contribution in [3.63, 3.8) is 0 Å². The molecule has 2 saturated heterocycles. The van der Waals surface area contributed by atoms with Gasteiger partial charge in [0.05, 0.1) is 17.6 Å². The molecule has 0 spiro atoms. The van der Waals surface area contributed by atoms with Crippen LogP contribution in [0.1, 0.15) is 19.8 Å². The lowest BCUT2D eigenvalue weighted by Crippen LogP contribution is -2.51. The van der Waals surface area contributed by atoms with E-state index in [-0.39, 0.29) is 12.6 Å². The summed E-state index contributed by atoms with van der Waals surface area (Å²) < 4.78 is 0. The SMILES string of the molecule is C[C@@H](CO)N1CCN(c2nc3ccccc3nc2N2CCCC2)CC1. The molecule has 6 heteroatoms. The number of nitrogens with zero attached hydrogens (tertiary/aromatic N) is 5. The van der Waals surface area contributed by atoms with E-state index in [2.05, 4.69) is 21.6 Å². The Morgan fingerprint density at radius 2 is 1.40 bits per heavy atom. The average molecular weight is 341 g/mol. The first-order chi connectivity index (χ1) is 12.3. The number of rotatable bonds is 4. The van der Waals surface area contributed by atoms with Gasteiger partial charge in [0.2, 0.25) is 0 Å². The number of hydrogen-bond acceptors (Lipinski definition) is 6. The fraction of sp³-hybridized carbons (Fsp3) is 0.579. The van der Waals surface area contributed by atoms with Crippen molar-refractivity contribution in [1.29, 1.82) is 0 Å². The largest absolute Gasteiger partial charge is 0.395 e. The first-order valence-electron chi connectivity index (χ1n) is 9.38. The maximum atomic E-state index is 9.39. The molecular weight excluding hydrogens is 314 g/mol. The molecule has 1 N–H and O–H groups in total. The molecule has 2 aromatic rings. The zero-order valence-corrected chi connectivity index (χ0v) is 14.9. The topological polar surface area (TPSA) is 55.7 Å². The Morgan fingerprint density at radius 1 is 0.880 bits per heavy atom. The standard InChI is InChI=1S/C19H27N5O/c1-15(14-25)22-10-12-24(13-11-22)19-18(23-8-4-5-9-23)20-16-6-2-3-7-17(16)21-19/h2-3,6-7,15,25H,4-5,8-14H2,1H3/t15-/m0/s1. The van der Waals surface area contributed by atoms with Gasteiger partial charge in [0, 0.05) is 45.3 Å². The monoisotopic (exact) mass is 341 g/mol. The molecule has 6 nitrogen and oxygen atoms in total. The first kappa shape index (κ1) is 16.5. The Balaban J connectivity index is 1.64. The molecule has 2 aliphatic rings. The summed E-state index contributed by atoms with van der Waals surface area (Å²) in [4.78, 5) is 17.1. The molecule has 3 heterocycles. The molecule has 25 heavy (non-hydrogen) atoms. The summed E-state index contributed by atoms with van der Waals surface area (Å²) in [5.74, 6) is 2.07. The van der Waals surface area contributed by atoms with E-state index in [9.17, 15) is 5.11 Å². The van der Waals surface area contributed by atoms with Gasteiger partial charge < -0.3 is 14.9 Å². The lowest BCUT2D eigenvalue weighted by molar-refractivity contribution is 0.128. The third-order valence-electron chi connectivity index (χ3n) is 5.44. The molecule has 1 aromatic carbocycles. The van der Waals surface area contributed by atoms with E-state index < -0.39 is 0 Å². The van der Waals surface area contributed by atoms with Crippen molar-refractivity contribution in [3.8, 4) is 0 Å². The number of aliphatic hydroxyl groups is 1. The molecule has 1 atom stereocenters. The van der Waals surface area contributed by atoms with Gasteiger partial charge in [-0.1, -0.05) is 12.1 Å². The first-order valence-corrected chi connectivity index (χ1v) is 9.38. The van der Waals surface area contributed by atoms with Crippen LogP contribution in [0.4, 0.5) is 11.6 Å². The second-order valence-electron chi connectivity index (χ2n) is 7.11. The summed E-state index contributed by atoms with van der Waals surface area (Å²) in [5.41, 5.74) is 1.94. The summed E-state index contributed by atoms with van der Waals surface area (Å²) >= 11 is 0. The summed E-state index contributed by atoms with van der Waals surface area (Å²) in [5, 5.41) is 9.39. The van der Waals surface area contributed by atoms with Gasteiger partial charge in [-0.2, -0.15) is 0 Å². The van der Waals surface area contributed by atoms with Gasteiger partial charge in [0.25, 0.3) is 0 Å². The van der Waals surface area contributed by atoms with Gasteiger partial charge in [-0.3, -0.25) is 4.90 Å². The lowest BCUT2D eigenvalue weighted by Gasteiger charge is -2.39. The quantitative estimate of drug-likeness (QED) is 0.914. The number of para-hydroxylation sites is 2. The van der Waals surface area contributed by atoms with Gasteiger partial charge in [0.1, 0.15) is 0 Å². The van der Waals surface area contributed by atoms with E-state index in [0.717, 1.165) is 61.9 Å². The molecule has 2 fully saturated rings. The van der Waals surface area contributed by atoms with E-state index in [4.69, 9.17) is 9.97 Å². The number of fused-ring (bicyclic) bond motifs is 1. The van der Waals surface area contributed by atoms with Crippen LogP contribution in [0.25, 0.3) is 11.0 Å². The van der Waals surface area contributed by atoms with E-state index in [1.165, 1.54) is 12.8 Å². The number of aromatic nitrogens is 2. The fourth-order valence-electron chi connectivity index (χ4n) is 3.82.